The molecule has 0 amide bonds. The Morgan fingerprint density at radius 1 is 1.25 bits per heavy atom. The molecule has 3 heteroatoms. The van der Waals surface area contributed by atoms with Crippen LogP contribution in [0, 0.1) is 5.92 Å². The molecule has 1 aromatic rings. The van der Waals surface area contributed by atoms with Crippen molar-refractivity contribution in [1.82, 2.24) is 0 Å². The normalized spacial score (nSPS) is 10.4. The lowest BCUT2D eigenvalue weighted by atomic mass is 10.1. The van der Waals surface area contributed by atoms with Gasteiger partial charge in [-0.1, -0.05) is 26.7 Å². The van der Waals surface area contributed by atoms with Crippen molar-refractivity contribution >= 4 is 5.97 Å². The summed E-state index contributed by atoms with van der Waals surface area (Å²) in [4.78, 5) is 11.6. The third-order valence-corrected chi connectivity index (χ3v) is 2.71. The van der Waals surface area contributed by atoms with E-state index in [2.05, 4.69) is 13.8 Å². The molecule has 0 aromatic heterocycles. The summed E-state index contributed by atoms with van der Waals surface area (Å²) in [6.07, 6.45) is 2.03. The lowest BCUT2D eigenvalue weighted by molar-refractivity contribution is 0.0433. The highest BCUT2D eigenvalue weighted by Gasteiger charge is 2.10. The van der Waals surface area contributed by atoms with Gasteiger partial charge in [0.05, 0.1) is 12.2 Å². The van der Waals surface area contributed by atoms with Gasteiger partial charge in [-0.3, -0.25) is 0 Å². The molecular formula is C13H18O3. The van der Waals surface area contributed by atoms with Gasteiger partial charge >= 0.3 is 5.97 Å². The molecule has 1 aromatic carbocycles. The number of rotatable bonds is 5. The Labute approximate surface area is 96.1 Å². The molecule has 0 aliphatic heterocycles. The summed E-state index contributed by atoms with van der Waals surface area (Å²) < 4.78 is 5.19. The number of carbonyl (C=O) groups excluding carboxylic acids is 1. The van der Waals surface area contributed by atoms with E-state index in [9.17, 15) is 4.79 Å². The van der Waals surface area contributed by atoms with Gasteiger partial charge in [0.25, 0.3) is 0 Å². The Morgan fingerprint density at radius 2 is 1.81 bits per heavy atom. The number of benzene rings is 1. The van der Waals surface area contributed by atoms with E-state index < -0.39 is 0 Å². The van der Waals surface area contributed by atoms with Crippen molar-refractivity contribution in [3.05, 3.63) is 29.8 Å². The topological polar surface area (TPSA) is 46.5 Å². The molecule has 0 spiro atoms. The van der Waals surface area contributed by atoms with Crippen LogP contribution in [-0.2, 0) is 4.74 Å². The molecule has 0 saturated carbocycles. The first-order valence-corrected chi connectivity index (χ1v) is 5.63. The van der Waals surface area contributed by atoms with Crippen LogP contribution in [0.2, 0.25) is 0 Å². The third-order valence-electron chi connectivity index (χ3n) is 2.71. The average molecular weight is 222 g/mol. The van der Waals surface area contributed by atoms with Crippen molar-refractivity contribution in [1.29, 1.82) is 0 Å². The zero-order valence-electron chi connectivity index (χ0n) is 9.77. The van der Waals surface area contributed by atoms with Crippen LogP contribution in [0.4, 0.5) is 0 Å². The van der Waals surface area contributed by atoms with E-state index in [1.54, 1.807) is 12.1 Å². The van der Waals surface area contributed by atoms with Gasteiger partial charge in [0.2, 0.25) is 0 Å². The number of hydrogen-bond acceptors (Lipinski definition) is 3. The standard InChI is InChI=1S/C13H18O3/c1-3-10(4-2)9-16-13(15)11-5-7-12(14)8-6-11/h5-8,10,14H,3-4,9H2,1-2H3. The molecule has 0 radical (unpaired) electrons. The molecule has 0 bridgehead atoms. The minimum atomic E-state index is -0.327. The number of phenolic OH excluding ortho intramolecular Hbond substituents is 1. The molecule has 1 N–H and O–H groups in total. The van der Waals surface area contributed by atoms with Crippen LogP contribution in [-0.4, -0.2) is 17.7 Å². The lowest BCUT2D eigenvalue weighted by Gasteiger charge is -2.12. The predicted octanol–water partition coefficient (Wildman–Crippen LogP) is 2.99. The Hall–Kier alpha value is -1.51. The average Bonchev–Trinajstić information content (AvgIpc) is 2.31. The molecule has 16 heavy (non-hydrogen) atoms. The SMILES string of the molecule is CCC(CC)COC(=O)c1ccc(O)cc1. The molecule has 3 nitrogen and oxygen atoms in total. The predicted molar refractivity (Wildman–Crippen MR) is 62.5 cm³/mol. The summed E-state index contributed by atoms with van der Waals surface area (Å²) in [6.45, 7) is 4.64. The van der Waals surface area contributed by atoms with E-state index >= 15 is 0 Å². The highest BCUT2D eigenvalue weighted by molar-refractivity contribution is 5.89. The van der Waals surface area contributed by atoms with Gasteiger partial charge in [-0.05, 0) is 30.2 Å². The number of aromatic hydroxyl groups is 1. The number of phenols is 1. The number of ether oxygens (including phenoxy) is 1. The second-order valence-corrected chi connectivity index (χ2v) is 3.83. The Balaban J connectivity index is 2.49. The van der Waals surface area contributed by atoms with Gasteiger partial charge in [0.1, 0.15) is 5.75 Å². The maximum atomic E-state index is 11.6. The van der Waals surface area contributed by atoms with Gasteiger partial charge < -0.3 is 9.84 Å². The smallest absolute Gasteiger partial charge is 0.338 e. The molecule has 0 saturated heterocycles. The van der Waals surface area contributed by atoms with E-state index in [-0.39, 0.29) is 11.7 Å². The first-order chi connectivity index (χ1) is 7.67. The van der Waals surface area contributed by atoms with Crippen LogP contribution in [0.5, 0.6) is 5.75 Å². The summed E-state index contributed by atoms with van der Waals surface area (Å²) in [7, 11) is 0. The summed E-state index contributed by atoms with van der Waals surface area (Å²) in [5.74, 6) is 0.254. The van der Waals surface area contributed by atoms with Crippen LogP contribution < -0.4 is 0 Å². The molecule has 88 valence electrons. The van der Waals surface area contributed by atoms with Crippen molar-refractivity contribution in [2.24, 2.45) is 5.92 Å². The second-order valence-electron chi connectivity index (χ2n) is 3.83. The van der Waals surface area contributed by atoms with E-state index in [4.69, 9.17) is 9.84 Å². The molecular weight excluding hydrogens is 204 g/mol. The van der Waals surface area contributed by atoms with E-state index in [1.165, 1.54) is 12.1 Å². The zero-order valence-corrected chi connectivity index (χ0v) is 9.77. The van der Waals surface area contributed by atoms with Crippen molar-refractivity contribution in [2.45, 2.75) is 26.7 Å². The van der Waals surface area contributed by atoms with Crippen LogP contribution in [0.15, 0.2) is 24.3 Å². The van der Waals surface area contributed by atoms with Crippen LogP contribution >= 0.6 is 0 Å². The second kappa shape index (κ2) is 6.16. The maximum absolute atomic E-state index is 11.6. The van der Waals surface area contributed by atoms with Crippen molar-refractivity contribution in [3.63, 3.8) is 0 Å². The third kappa shape index (κ3) is 3.57. The monoisotopic (exact) mass is 222 g/mol. The summed E-state index contributed by atoms with van der Waals surface area (Å²) >= 11 is 0. The molecule has 0 aliphatic carbocycles. The fourth-order valence-corrected chi connectivity index (χ4v) is 1.40. The highest BCUT2D eigenvalue weighted by Crippen LogP contribution is 2.12. The largest absolute Gasteiger partial charge is 0.508 e. The minimum absolute atomic E-state index is 0.150. The van der Waals surface area contributed by atoms with Crippen molar-refractivity contribution in [3.8, 4) is 5.75 Å². The molecule has 0 atom stereocenters. The van der Waals surface area contributed by atoms with E-state index in [0.717, 1.165) is 12.8 Å². The molecule has 0 unspecified atom stereocenters. The highest BCUT2D eigenvalue weighted by atomic mass is 16.5. The van der Waals surface area contributed by atoms with Crippen LogP contribution in [0.3, 0.4) is 0 Å². The zero-order chi connectivity index (χ0) is 12.0. The minimum Gasteiger partial charge on any atom is -0.508 e. The quantitative estimate of drug-likeness (QED) is 0.779. The van der Waals surface area contributed by atoms with Gasteiger partial charge in [-0.15, -0.1) is 0 Å². The van der Waals surface area contributed by atoms with E-state index in [1.807, 2.05) is 0 Å². The number of carbonyl (C=O) groups is 1. The Bertz CT molecular complexity index is 326. The number of hydrogen-bond donors (Lipinski definition) is 1. The first-order valence-electron chi connectivity index (χ1n) is 5.63. The van der Waals surface area contributed by atoms with Gasteiger partial charge in [0.15, 0.2) is 0 Å². The van der Waals surface area contributed by atoms with Crippen LogP contribution in [0.25, 0.3) is 0 Å². The molecule has 0 heterocycles. The van der Waals surface area contributed by atoms with Crippen LogP contribution in [0.1, 0.15) is 37.0 Å². The maximum Gasteiger partial charge on any atom is 0.338 e. The molecule has 0 fully saturated rings. The molecule has 0 aliphatic rings. The summed E-state index contributed by atoms with van der Waals surface area (Å²) in [5, 5.41) is 9.08. The van der Waals surface area contributed by atoms with Crippen molar-refractivity contribution in [2.75, 3.05) is 6.61 Å². The fraction of sp³-hybridized carbons (Fsp3) is 0.462. The lowest BCUT2D eigenvalue weighted by Crippen LogP contribution is -2.13. The summed E-state index contributed by atoms with van der Waals surface area (Å²) in [5.41, 5.74) is 0.476. The summed E-state index contributed by atoms with van der Waals surface area (Å²) in [6, 6.07) is 6.08. The fourth-order valence-electron chi connectivity index (χ4n) is 1.40. The van der Waals surface area contributed by atoms with Gasteiger partial charge in [-0.2, -0.15) is 0 Å². The Kier molecular flexibility index (Phi) is 4.83. The Morgan fingerprint density at radius 3 is 2.31 bits per heavy atom. The first kappa shape index (κ1) is 12.6. The van der Waals surface area contributed by atoms with Gasteiger partial charge in [0, 0.05) is 0 Å². The van der Waals surface area contributed by atoms with E-state index in [0.29, 0.717) is 18.1 Å². The van der Waals surface area contributed by atoms with Gasteiger partial charge in [-0.25, -0.2) is 4.79 Å². The molecule has 1 rings (SSSR count). The van der Waals surface area contributed by atoms with Crippen molar-refractivity contribution < 1.29 is 14.6 Å². The number of esters is 1.